The van der Waals surface area contributed by atoms with E-state index in [0.29, 0.717) is 12.1 Å². The molecule has 4 nitrogen and oxygen atoms in total. The molecule has 1 aliphatic heterocycles. The van der Waals surface area contributed by atoms with E-state index in [1.165, 1.54) is 31.5 Å². The van der Waals surface area contributed by atoms with Crippen molar-refractivity contribution in [3.8, 4) is 0 Å². The highest BCUT2D eigenvalue weighted by Gasteiger charge is 2.19. The highest BCUT2D eigenvalue weighted by Crippen LogP contribution is 2.13. The van der Waals surface area contributed by atoms with Crippen molar-refractivity contribution >= 4 is 0 Å². The molecule has 0 radical (unpaired) electrons. The van der Waals surface area contributed by atoms with Crippen molar-refractivity contribution in [1.29, 1.82) is 0 Å². The number of piperidine rings is 1. The second-order valence-corrected chi connectivity index (χ2v) is 5.81. The molecule has 2 rings (SSSR count). The van der Waals surface area contributed by atoms with Crippen LogP contribution in [0, 0.1) is 0 Å². The Morgan fingerprint density at radius 2 is 2.32 bits per heavy atom. The van der Waals surface area contributed by atoms with Crippen molar-refractivity contribution in [3.05, 3.63) is 18.0 Å². The first-order valence-electron chi connectivity index (χ1n) is 7.68. The van der Waals surface area contributed by atoms with Gasteiger partial charge in [0, 0.05) is 37.9 Å². The van der Waals surface area contributed by atoms with E-state index in [0.717, 1.165) is 19.6 Å². The van der Waals surface area contributed by atoms with Gasteiger partial charge in [-0.05, 0) is 46.2 Å². The number of aromatic nitrogens is 2. The summed E-state index contributed by atoms with van der Waals surface area (Å²) >= 11 is 0. The van der Waals surface area contributed by atoms with Crippen LogP contribution < -0.4 is 5.32 Å². The molecule has 0 saturated carbocycles. The van der Waals surface area contributed by atoms with E-state index in [-0.39, 0.29) is 0 Å². The Morgan fingerprint density at radius 3 is 2.95 bits per heavy atom. The van der Waals surface area contributed by atoms with Crippen molar-refractivity contribution in [3.63, 3.8) is 0 Å². The van der Waals surface area contributed by atoms with Crippen LogP contribution in [-0.2, 0) is 13.1 Å². The molecule has 1 unspecified atom stereocenters. The van der Waals surface area contributed by atoms with Crippen LogP contribution in [-0.4, -0.2) is 39.9 Å². The van der Waals surface area contributed by atoms with Crippen molar-refractivity contribution in [2.75, 3.05) is 13.1 Å². The van der Waals surface area contributed by atoms with Crippen LogP contribution in [0.4, 0.5) is 0 Å². The van der Waals surface area contributed by atoms with E-state index >= 15 is 0 Å². The Balaban J connectivity index is 1.95. The van der Waals surface area contributed by atoms with Gasteiger partial charge < -0.3 is 5.32 Å². The predicted molar refractivity (Wildman–Crippen MR) is 79.1 cm³/mol. The monoisotopic (exact) mass is 264 g/mol. The van der Waals surface area contributed by atoms with Crippen LogP contribution in [0.1, 0.15) is 45.7 Å². The fraction of sp³-hybridized carbons (Fsp3) is 0.800. The third-order valence-corrected chi connectivity index (χ3v) is 4.07. The third-order valence-electron chi connectivity index (χ3n) is 4.07. The number of hydrogen-bond acceptors (Lipinski definition) is 3. The van der Waals surface area contributed by atoms with Crippen molar-refractivity contribution in [1.82, 2.24) is 20.0 Å². The molecule has 1 aromatic rings. The first-order chi connectivity index (χ1) is 9.20. The number of hydrogen-bond donors (Lipinski definition) is 1. The summed E-state index contributed by atoms with van der Waals surface area (Å²) < 4.78 is 2.10. The average molecular weight is 264 g/mol. The van der Waals surface area contributed by atoms with Crippen molar-refractivity contribution in [2.45, 2.75) is 65.2 Å². The second-order valence-electron chi connectivity index (χ2n) is 5.81. The SMILES string of the molecule is CCn1nccc1CN(CC1CCCCN1)C(C)C. The lowest BCUT2D eigenvalue weighted by Gasteiger charge is -2.33. The molecule has 1 fully saturated rings. The largest absolute Gasteiger partial charge is 0.313 e. The van der Waals surface area contributed by atoms with Gasteiger partial charge in [-0.3, -0.25) is 9.58 Å². The van der Waals surface area contributed by atoms with Gasteiger partial charge in [-0.15, -0.1) is 0 Å². The number of aryl methyl sites for hydroxylation is 1. The first kappa shape index (κ1) is 14.5. The summed E-state index contributed by atoms with van der Waals surface area (Å²) in [5, 5.41) is 8.02. The molecule has 0 spiro atoms. The second kappa shape index (κ2) is 7.06. The van der Waals surface area contributed by atoms with Gasteiger partial charge in [-0.25, -0.2) is 0 Å². The summed E-state index contributed by atoms with van der Waals surface area (Å²) in [5.74, 6) is 0. The molecular formula is C15H28N4. The summed E-state index contributed by atoms with van der Waals surface area (Å²) in [7, 11) is 0. The maximum Gasteiger partial charge on any atom is 0.0524 e. The van der Waals surface area contributed by atoms with Crippen LogP contribution in [0.5, 0.6) is 0 Å². The zero-order chi connectivity index (χ0) is 13.7. The lowest BCUT2D eigenvalue weighted by atomic mass is 10.0. The Labute approximate surface area is 117 Å². The molecule has 108 valence electrons. The minimum Gasteiger partial charge on any atom is -0.313 e. The Kier molecular flexibility index (Phi) is 5.40. The van der Waals surface area contributed by atoms with Crippen LogP contribution in [0.15, 0.2) is 12.3 Å². The summed E-state index contributed by atoms with van der Waals surface area (Å²) in [4.78, 5) is 2.56. The molecule has 1 saturated heterocycles. The van der Waals surface area contributed by atoms with E-state index in [1.807, 2.05) is 6.20 Å². The summed E-state index contributed by atoms with van der Waals surface area (Å²) in [6.07, 6.45) is 5.93. The lowest BCUT2D eigenvalue weighted by molar-refractivity contribution is 0.172. The first-order valence-corrected chi connectivity index (χ1v) is 7.68. The molecule has 19 heavy (non-hydrogen) atoms. The van der Waals surface area contributed by atoms with Gasteiger partial charge in [0.2, 0.25) is 0 Å². The highest BCUT2D eigenvalue weighted by molar-refractivity contribution is 5.01. The maximum atomic E-state index is 4.37. The minimum absolute atomic E-state index is 0.573. The molecule has 4 heteroatoms. The highest BCUT2D eigenvalue weighted by atomic mass is 15.3. The van der Waals surface area contributed by atoms with Crippen molar-refractivity contribution < 1.29 is 0 Å². The predicted octanol–water partition coefficient (Wildman–Crippen LogP) is 2.26. The third kappa shape index (κ3) is 4.05. The van der Waals surface area contributed by atoms with E-state index in [4.69, 9.17) is 0 Å². The zero-order valence-corrected chi connectivity index (χ0v) is 12.6. The van der Waals surface area contributed by atoms with Crippen LogP contribution in [0.25, 0.3) is 0 Å². The van der Waals surface area contributed by atoms with Gasteiger partial charge in [0.25, 0.3) is 0 Å². The number of nitrogens with one attached hydrogen (secondary N) is 1. The Hall–Kier alpha value is -0.870. The van der Waals surface area contributed by atoms with Crippen LogP contribution in [0.3, 0.4) is 0 Å². The fourth-order valence-corrected chi connectivity index (χ4v) is 2.81. The van der Waals surface area contributed by atoms with Gasteiger partial charge in [-0.2, -0.15) is 5.10 Å². The molecule has 0 aromatic carbocycles. The maximum absolute atomic E-state index is 4.37. The number of nitrogens with zero attached hydrogens (tertiary/aromatic N) is 3. The van der Waals surface area contributed by atoms with Gasteiger partial charge in [0.05, 0.1) is 5.69 Å². The zero-order valence-electron chi connectivity index (χ0n) is 12.6. The Morgan fingerprint density at radius 1 is 1.47 bits per heavy atom. The molecule has 2 heterocycles. The molecule has 1 atom stereocenters. The minimum atomic E-state index is 0.573. The van der Waals surface area contributed by atoms with Crippen LogP contribution in [0.2, 0.25) is 0 Å². The molecular weight excluding hydrogens is 236 g/mol. The van der Waals surface area contributed by atoms with Gasteiger partial charge in [-0.1, -0.05) is 6.42 Å². The van der Waals surface area contributed by atoms with Gasteiger partial charge in [0.15, 0.2) is 0 Å². The van der Waals surface area contributed by atoms with E-state index in [2.05, 4.69) is 46.8 Å². The molecule has 1 N–H and O–H groups in total. The normalized spacial score (nSPS) is 20.4. The van der Waals surface area contributed by atoms with Gasteiger partial charge >= 0.3 is 0 Å². The number of rotatable bonds is 6. The van der Waals surface area contributed by atoms with E-state index in [9.17, 15) is 0 Å². The summed E-state index contributed by atoms with van der Waals surface area (Å²) in [5.41, 5.74) is 1.33. The molecule has 1 aromatic heterocycles. The van der Waals surface area contributed by atoms with Crippen LogP contribution >= 0.6 is 0 Å². The standard InChI is InChI=1S/C15H28N4/c1-4-19-15(8-10-17-19)12-18(13(2)3)11-14-7-5-6-9-16-14/h8,10,13-14,16H,4-7,9,11-12H2,1-3H3. The summed E-state index contributed by atoms with van der Waals surface area (Å²) in [6, 6.07) is 3.38. The van der Waals surface area contributed by atoms with E-state index in [1.54, 1.807) is 0 Å². The molecule has 0 aliphatic carbocycles. The molecule has 0 bridgehead atoms. The topological polar surface area (TPSA) is 33.1 Å². The molecule has 1 aliphatic rings. The average Bonchev–Trinajstić information content (AvgIpc) is 2.86. The smallest absolute Gasteiger partial charge is 0.0524 e. The Bertz CT molecular complexity index is 366. The van der Waals surface area contributed by atoms with Crippen molar-refractivity contribution in [2.24, 2.45) is 0 Å². The van der Waals surface area contributed by atoms with E-state index < -0.39 is 0 Å². The summed E-state index contributed by atoms with van der Waals surface area (Å²) in [6.45, 7) is 11.0. The molecule has 0 amide bonds. The fourth-order valence-electron chi connectivity index (χ4n) is 2.81. The quantitative estimate of drug-likeness (QED) is 0.855. The lowest BCUT2D eigenvalue weighted by Crippen LogP contribution is -2.45. The van der Waals surface area contributed by atoms with Gasteiger partial charge in [0.1, 0.15) is 0 Å².